The van der Waals surface area contributed by atoms with Gasteiger partial charge in [0.1, 0.15) is 0 Å². The monoisotopic (exact) mass is 376 g/mol. The fraction of sp³-hybridized carbons (Fsp3) is 0.632. The number of rotatable bonds is 5. The topological polar surface area (TPSA) is 75.7 Å². The molecule has 1 N–H and O–H groups in total. The van der Waals surface area contributed by atoms with Crippen LogP contribution in [0.25, 0.3) is 0 Å². The largest absolute Gasteiger partial charge is 0.369 e. The van der Waals surface area contributed by atoms with Crippen LogP contribution in [0.15, 0.2) is 35.2 Å². The molecular formula is C19H24N2O4S. The van der Waals surface area contributed by atoms with Gasteiger partial charge in [-0.15, -0.1) is 0 Å². The summed E-state index contributed by atoms with van der Waals surface area (Å²) in [6.07, 6.45) is 4.07. The molecule has 4 fully saturated rings. The Morgan fingerprint density at radius 2 is 2.00 bits per heavy atom. The minimum atomic E-state index is -3.51. The molecule has 26 heavy (non-hydrogen) atoms. The van der Waals surface area contributed by atoms with E-state index in [0.29, 0.717) is 19.6 Å². The normalized spacial score (nSPS) is 35.7. The summed E-state index contributed by atoms with van der Waals surface area (Å²) in [5.41, 5.74) is -0.238. The highest BCUT2D eigenvalue weighted by Gasteiger charge is 2.63. The van der Waals surface area contributed by atoms with Gasteiger partial charge >= 0.3 is 0 Å². The van der Waals surface area contributed by atoms with Gasteiger partial charge in [0, 0.05) is 30.8 Å². The molecule has 4 aliphatic rings. The number of fused-ring (bicyclic) bond motifs is 1. The van der Waals surface area contributed by atoms with Crippen LogP contribution >= 0.6 is 0 Å². The molecule has 1 spiro atoms. The number of nitrogens with one attached hydrogen (secondary N) is 1. The first-order valence-electron chi connectivity index (χ1n) is 9.50. The number of carbonyl (C=O) groups is 1. The molecule has 140 valence electrons. The molecule has 3 saturated heterocycles. The Balaban J connectivity index is 1.30. The highest BCUT2D eigenvalue weighted by atomic mass is 32.2. The average Bonchev–Trinajstić information content (AvgIpc) is 3.22. The Morgan fingerprint density at radius 3 is 2.73 bits per heavy atom. The smallest absolute Gasteiger partial charge is 0.240 e. The lowest BCUT2D eigenvalue weighted by molar-refractivity contribution is -0.133. The highest BCUT2D eigenvalue weighted by Crippen LogP contribution is 2.55. The Morgan fingerprint density at radius 1 is 1.23 bits per heavy atom. The number of sulfonamides is 1. The van der Waals surface area contributed by atoms with Crippen molar-refractivity contribution in [2.75, 3.05) is 19.6 Å². The van der Waals surface area contributed by atoms with Crippen LogP contribution < -0.4 is 4.72 Å². The molecule has 2 bridgehead atoms. The summed E-state index contributed by atoms with van der Waals surface area (Å²) >= 11 is 0. The van der Waals surface area contributed by atoms with Crippen molar-refractivity contribution in [3.63, 3.8) is 0 Å². The van der Waals surface area contributed by atoms with Gasteiger partial charge in [-0.3, -0.25) is 4.79 Å². The molecule has 3 heterocycles. The zero-order valence-corrected chi connectivity index (χ0v) is 15.5. The number of likely N-dealkylation sites (tertiary alicyclic amines) is 1. The maximum absolute atomic E-state index is 12.5. The third-order valence-corrected chi connectivity index (χ3v) is 8.02. The van der Waals surface area contributed by atoms with Gasteiger partial charge in [-0.2, -0.15) is 0 Å². The first kappa shape index (κ1) is 16.7. The molecule has 1 aromatic rings. The molecule has 0 unspecified atom stereocenters. The lowest BCUT2D eigenvalue weighted by atomic mass is 9.74. The maximum atomic E-state index is 12.5. The standard InChI is InChI=1S/C19H24N2O4S/c22-18(13-6-7-13)21-11-16-15(17-8-9-19(16,12-21)25-17)10-20-26(23,24)14-4-2-1-3-5-14/h1-5,13,15-17,20H,6-12H2/t15-,16+,17+,19+/m0/s1. The van der Waals surface area contributed by atoms with Crippen LogP contribution in [0.5, 0.6) is 0 Å². The minimum Gasteiger partial charge on any atom is -0.369 e. The van der Waals surface area contributed by atoms with Crippen LogP contribution in [0.1, 0.15) is 25.7 Å². The zero-order chi connectivity index (χ0) is 17.9. The molecule has 0 radical (unpaired) electrons. The van der Waals surface area contributed by atoms with Crippen LogP contribution in [0.3, 0.4) is 0 Å². The Kier molecular flexibility index (Phi) is 3.71. The number of hydrogen-bond acceptors (Lipinski definition) is 4. The maximum Gasteiger partial charge on any atom is 0.240 e. The molecule has 5 rings (SSSR count). The first-order valence-corrected chi connectivity index (χ1v) is 11.0. The predicted molar refractivity (Wildman–Crippen MR) is 94.8 cm³/mol. The lowest BCUT2D eigenvalue weighted by Crippen LogP contribution is -2.41. The first-order chi connectivity index (χ1) is 12.5. The van der Waals surface area contributed by atoms with E-state index in [0.717, 1.165) is 25.7 Å². The average molecular weight is 376 g/mol. The predicted octanol–water partition coefficient (Wildman–Crippen LogP) is 1.38. The van der Waals surface area contributed by atoms with Crippen molar-refractivity contribution in [3.8, 4) is 0 Å². The van der Waals surface area contributed by atoms with Crippen molar-refractivity contribution in [3.05, 3.63) is 30.3 Å². The van der Waals surface area contributed by atoms with Crippen molar-refractivity contribution in [2.45, 2.75) is 42.3 Å². The van der Waals surface area contributed by atoms with Crippen LogP contribution in [0.4, 0.5) is 0 Å². The molecule has 6 nitrogen and oxygen atoms in total. The summed E-state index contributed by atoms with van der Waals surface area (Å²) in [5.74, 6) is 0.864. The second-order valence-corrected chi connectivity index (χ2v) is 9.96. The number of carbonyl (C=O) groups excluding carboxylic acids is 1. The molecule has 0 aromatic heterocycles. The van der Waals surface area contributed by atoms with Gasteiger partial charge in [-0.1, -0.05) is 18.2 Å². The van der Waals surface area contributed by atoms with E-state index in [2.05, 4.69) is 4.72 Å². The molecular weight excluding hydrogens is 352 g/mol. The number of benzene rings is 1. The van der Waals surface area contributed by atoms with Gasteiger partial charge in [0.25, 0.3) is 0 Å². The Bertz CT molecular complexity index is 823. The highest BCUT2D eigenvalue weighted by molar-refractivity contribution is 7.89. The number of hydrogen-bond donors (Lipinski definition) is 1. The van der Waals surface area contributed by atoms with Crippen molar-refractivity contribution < 1.29 is 17.9 Å². The number of amides is 1. The fourth-order valence-electron chi connectivity index (χ4n) is 5.11. The van der Waals surface area contributed by atoms with Crippen molar-refractivity contribution in [1.82, 2.24) is 9.62 Å². The van der Waals surface area contributed by atoms with E-state index >= 15 is 0 Å². The lowest BCUT2D eigenvalue weighted by Gasteiger charge is -2.29. The van der Waals surface area contributed by atoms with E-state index in [4.69, 9.17) is 4.74 Å². The Labute approximate surface area is 153 Å². The van der Waals surface area contributed by atoms with Crippen molar-refractivity contribution in [1.29, 1.82) is 0 Å². The van der Waals surface area contributed by atoms with Crippen LogP contribution in [0, 0.1) is 17.8 Å². The van der Waals surface area contributed by atoms with Crippen molar-refractivity contribution in [2.24, 2.45) is 17.8 Å². The fourth-order valence-corrected chi connectivity index (χ4v) is 6.20. The zero-order valence-electron chi connectivity index (χ0n) is 14.6. The van der Waals surface area contributed by atoms with E-state index in [1.807, 2.05) is 4.90 Å². The SMILES string of the molecule is O=C(C1CC1)N1C[C@@H]2[C@H](CNS(=O)(=O)c3ccccc3)[C@H]3CC[C@]2(C1)O3. The van der Waals surface area contributed by atoms with E-state index in [1.54, 1.807) is 30.3 Å². The summed E-state index contributed by atoms with van der Waals surface area (Å²) in [5, 5.41) is 0. The number of nitrogens with zero attached hydrogens (tertiary/aromatic N) is 1. The van der Waals surface area contributed by atoms with E-state index < -0.39 is 10.0 Å². The van der Waals surface area contributed by atoms with E-state index in [9.17, 15) is 13.2 Å². The summed E-state index contributed by atoms with van der Waals surface area (Å²) < 4.78 is 34.2. The molecule has 1 saturated carbocycles. The molecule has 1 amide bonds. The van der Waals surface area contributed by atoms with Gasteiger partial charge in [-0.05, 0) is 37.8 Å². The van der Waals surface area contributed by atoms with Gasteiger partial charge in [0.15, 0.2) is 0 Å². The van der Waals surface area contributed by atoms with E-state index in [1.165, 1.54) is 0 Å². The second kappa shape index (κ2) is 5.78. The summed E-state index contributed by atoms with van der Waals surface area (Å²) in [7, 11) is -3.51. The quantitative estimate of drug-likeness (QED) is 0.842. The molecule has 4 atom stereocenters. The molecule has 1 aliphatic carbocycles. The third-order valence-electron chi connectivity index (χ3n) is 6.58. The summed E-state index contributed by atoms with van der Waals surface area (Å²) in [6, 6.07) is 8.46. The summed E-state index contributed by atoms with van der Waals surface area (Å²) in [6.45, 7) is 1.77. The second-order valence-electron chi connectivity index (χ2n) is 8.19. The molecule has 3 aliphatic heterocycles. The molecule has 7 heteroatoms. The summed E-state index contributed by atoms with van der Waals surface area (Å²) in [4.78, 5) is 14.7. The van der Waals surface area contributed by atoms with Gasteiger partial charge in [0.2, 0.25) is 15.9 Å². The van der Waals surface area contributed by atoms with Gasteiger partial charge < -0.3 is 9.64 Å². The van der Waals surface area contributed by atoms with Crippen LogP contribution in [-0.4, -0.2) is 50.6 Å². The number of ether oxygens (including phenoxy) is 1. The van der Waals surface area contributed by atoms with Crippen LogP contribution in [0.2, 0.25) is 0 Å². The molecule has 1 aromatic carbocycles. The van der Waals surface area contributed by atoms with Gasteiger partial charge in [0.05, 0.1) is 23.1 Å². The van der Waals surface area contributed by atoms with Crippen molar-refractivity contribution >= 4 is 15.9 Å². The van der Waals surface area contributed by atoms with Gasteiger partial charge in [-0.25, -0.2) is 13.1 Å². The Hall–Kier alpha value is -1.44. The van der Waals surface area contributed by atoms with Crippen LogP contribution in [-0.2, 0) is 19.6 Å². The van der Waals surface area contributed by atoms with E-state index in [-0.39, 0.29) is 40.3 Å². The minimum absolute atomic E-state index is 0.108. The third kappa shape index (κ3) is 2.60.